The van der Waals surface area contributed by atoms with E-state index in [1.165, 1.54) is 0 Å². The summed E-state index contributed by atoms with van der Waals surface area (Å²) < 4.78 is 14.7. The summed E-state index contributed by atoms with van der Waals surface area (Å²) in [5.41, 5.74) is 13.0. The fraction of sp³-hybridized carbons (Fsp3) is 0.0189. The number of nitrogens with zero attached hydrogens (tertiary/aromatic N) is 6. The molecule has 7 nitrogen and oxygen atoms in total. The quantitative estimate of drug-likeness (QED) is 0.152. The van der Waals surface area contributed by atoms with Crippen LogP contribution in [0.4, 0.5) is 0 Å². The second-order valence-electron chi connectivity index (χ2n) is 14.9. The van der Waals surface area contributed by atoms with Crippen LogP contribution >= 0.6 is 0 Å². The van der Waals surface area contributed by atoms with Crippen molar-refractivity contribution in [3.63, 3.8) is 0 Å². The number of rotatable bonds is 8. The van der Waals surface area contributed by atoms with Crippen molar-refractivity contribution in [3.8, 4) is 62.3 Å². The molecule has 8 heteroatoms. The Hall–Kier alpha value is -7.47. The molecular weight excluding hydrogens is 932 g/mol. The molecule has 0 fully saturated rings. The Bertz CT molecular complexity index is 3430. The molecule has 0 aliphatic rings. The van der Waals surface area contributed by atoms with E-state index in [2.05, 4.69) is 220 Å². The topological polar surface area (TPSA) is 62.7 Å². The van der Waals surface area contributed by atoms with Crippen molar-refractivity contribution >= 4 is 32.8 Å². The zero-order valence-electron chi connectivity index (χ0n) is 33.0. The maximum absolute atomic E-state index is 6.76. The number of hydrogen-bond donors (Lipinski definition) is 0. The van der Waals surface area contributed by atoms with Crippen LogP contribution in [0, 0.1) is 10.7 Å². The van der Waals surface area contributed by atoms with E-state index in [1.807, 2.05) is 18.3 Å². The molecule has 61 heavy (non-hydrogen) atoms. The van der Waals surface area contributed by atoms with Gasteiger partial charge in [-0.1, -0.05) is 12.1 Å². The van der Waals surface area contributed by atoms with Crippen LogP contribution in [0.3, 0.4) is 0 Å². The molecule has 4 heterocycles. The van der Waals surface area contributed by atoms with E-state index >= 15 is 0 Å². The summed E-state index contributed by atoms with van der Waals surface area (Å²) in [4.78, 5) is 13.9. The van der Waals surface area contributed by atoms with Crippen molar-refractivity contribution < 1.29 is 24.1 Å². The molecule has 0 amide bonds. The second kappa shape index (κ2) is 15.3. The first kappa shape index (κ1) is 36.6. The van der Waals surface area contributed by atoms with Crippen LogP contribution in [-0.4, -0.2) is 28.7 Å². The summed E-state index contributed by atoms with van der Waals surface area (Å²) in [7, 11) is 0. The minimum Gasteiger partial charge on any atom is -0.237 e. The first-order valence-electron chi connectivity index (χ1n) is 20.1. The fourth-order valence-electron chi connectivity index (χ4n) is 8.47. The fourth-order valence-corrected chi connectivity index (χ4v) is 9.57. The van der Waals surface area contributed by atoms with Crippen LogP contribution in [0.25, 0.3) is 83.7 Å². The maximum atomic E-state index is 6.76. The second-order valence-corrected chi connectivity index (χ2v) is 15.9. The van der Waals surface area contributed by atoms with Gasteiger partial charge in [0.15, 0.2) is 5.82 Å². The average molecular weight is 968 g/mol. The third-order valence-corrected chi connectivity index (χ3v) is 12.2. The van der Waals surface area contributed by atoms with E-state index in [0.29, 0.717) is 5.82 Å². The van der Waals surface area contributed by atoms with Crippen molar-refractivity contribution in [2.45, 2.75) is 6.92 Å². The van der Waals surface area contributed by atoms with Crippen LogP contribution in [0.5, 0.6) is 11.5 Å². The molecule has 0 radical (unpaired) electrons. The molecule has 4 aromatic heterocycles. The van der Waals surface area contributed by atoms with Crippen LogP contribution in [0.2, 0.25) is 0 Å². The van der Waals surface area contributed by atoms with Gasteiger partial charge in [-0.25, -0.2) is 9.97 Å². The smallest absolute Gasteiger partial charge is 0.237 e. The van der Waals surface area contributed by atoms with E-state index in [-0.39, 0.29) is 0 Å². The van der Waals surface area contributed by atoms with E-state index in [9.17, 15) is 0 Å². The summed E-state index contributed by atoms with van der Waals surface area (Å²) in [6.07, 6.45) is 5.38. The number of para-hydroxylation sites is 4. The predicted molar refractivity (Wildman–Crippen MR) is 241 cm³/mol. The number of ether oxygens (including phenoxy) is 1. The van der Waals surface area contributed by atoms with Gasteiger partial charge < -0.3 is 0 Å². The Morgan fingerprint density at radius 1 is 0.459 bits per heavy atom. The molecule has 294 valence electrons. The molecule has 0 bridgehead atoms. The number of benzene rings is 7. The normalized spacial score (nSPS) is 11.5. The molecule has 0 aliphatic carbocycles. The molecule has 7 aromatic carbocycles. The summed E-state index contributed by atoms with van der Waals surface area (Å²) >= 11 is 2.49. The Morgan fingerprint density at radius 3 is 1.77 bits per heavy atom. The number of fused-ring (bicyclic) bond motifs is 4. The molecule has 11 aromatic rings. The van der Waals surface area contributed by atoms with Gasteiger partial charge in [0, 0.05) is 24.2 Å². The van der Waals surface area contributed by atoms with Gasteiger partial charge in [0.2, 0.25) is 0 Å². The number of imidazole rings is 1. The van der Waals surface area contributed by atoms with Crippen molar-refractivity contribution in [1.82, 2.24) is 28.7 Å². The van der Waals surface area contributed by atoms with Crippen molar-refractivity contribution in [2.24, 2.45) is 0 Å². The standard InChI is InChI=1S/C53H36N6O.Pt/c1-36-31-51(56-34-46(36)53-54-29-14-30-55-53)59-47-24-9-8-21-44(47)45-28-27-41(33-50(45)59)60-40-20-12-19-39(32-40)57-35-58(49-26-11-10-25-48(49)57)52-42(37-15-4-2-5-16-37)22-13-23-43(52)38-17-6-3-7-18-38;/h2-34H,1H3;. The van der Waals surface area contributed by atoms with Gasteiger partial charge in [-0.2, -0.15) is 0 Å². The van der Waals surface area contributed by atoms with E-state index in [1.54, 1.807) is 12.4 Å². The Morgan fingerprint density at radius 2 is 1.07 bits per heavy atom. The summed E-state index contributed by atoms with van der Waals surface area (Å²) in [5, 5.41) is 2.27. The molecule has 11 rings (SSSR count). The van der Waals surface area contributed by atoms with Crippen LogP contribution in [-0.2, 0) is 19.4 Å². The first-order valence-corrected chi connectivity index (χ1v) is 21.2. The van der Waals surface area contributed by atoms with Crippen molar-refractivity contribution in [2.75, 3.05) is 0 Å². The molecule has 0 spiro atoms. The zero-order chi connectivity index (χ0) is 40.9. The first-order chi connectivity index (χ1) is 30.1. The van der Waals surface area contributed by atoms with Crippen LogP contribution in [0.1, 0.15) is 5.56 Å². The molecule has 0 aliphatic heterocycles. The number of pyridine rings is 1. The van der Waals surface area contributed by atoms with Gasteiger partial charge in [-0.3, -0.25) is 0 Å². The minimum atomic E-state index is 0.658. The van der Waals surface area contributed by atoms with Gasteiger partial charge >= 0.3 is 294 Å². The van der Waals surface area contributed by atoms with Crippen LogP contribution < -0.4 is 4.74 Å². The van der Waals surface area contributed by atoms with E-state index in [0.717, 1.165) is 98.7 Å². The van der Waals surface area contributed by atoms with E-state index in [4.69, 9.17) is 9.72 Å². The van der Waals surface area contributed by atoms with Gasteiger partial charge in [0.05, 0.1) is 0 Å². The Kier molecular flexibility index (Phi) is 9.17. The van der Waals surface area contributed by atoms with Crippen molar-refractivity contribution in [3.05, 3.63) is 210 Å². The van der Waals surface area contributed by atoms with Gasteiger partial charge in [0.25, 0.3) is 0 Å². The average Bonchev–Trinajstić information content (AvgIpc) is 3.80. The van der Waals surface area contributed by atoms with E-state index < -0.39 is 0 Å². The number of hydrogen-bond acceptors (Lipinski definition) is 4. The van der Waals surface area contributed by atoms with Gasteiger partial charge in [-0.05, 0) is 18.6 Å². The zero-order valence-corrected chi connectivity index (χ0v) is 35.2. The Labute approximate surface area is 362 Å². The molecule has 0 atom stereocenters. The van der Waals surface area contributed by atoms with Crippen LogP contribution in [0.15, 0.2) is 201 Å². The third-order valence-electron chi connectivity index (χ3n) is 11.2. The SMILES string of the molecule is Cc1cc(-n2c3ccccc3c3ccc(Oc4cccc(-n5[c](=[Pt])n(-c6c(-c7ccccc7)cccc6-c6ccccc6)c6ccccc65)c4)cc32)ncc1-c1ncccn1. The minimum absolute atomic E-state index is 0.658. The summed E-state index contributed by atoms with van der Waals surface area (Å²) in [6, 6.07) is 63.6. The molecule has 0 saturated carbocycles. The van der Waals surface area contributed by atoms with Gasteiger partial charge in [0.1, 0.15) is 0 Å². The number of aryl methyl sites for hydroxylation is 1. The molecule has 0 N–H and O–H groups in total. The molecule has 0 unspecified atom stereocenters. The number of aromatic nitrogens is 6. The van der Waals surface area contributed by atoms with Gasteiger partial charge in [-0.15, -0.1) is 0 Å². The molecular formula is C53H36N6OPt. The van der Waals surface area contributed by atoms with Crippen molar-refractivity contribution in [1.29, 1.82) is 0 Å². The third kappa shape index (κ3) is 6.42. The predicted octanol–water partition coefficient (Wildman–Crippen LogP) is 12.9. The molecule has 0 saturated heterocycles. The Balaban J connectivity index is 1.02. The monoisotopic (exact) mass is 967 g/mol. The summed E-state index contributed by atoms with van der Waals surface area (Å²) in [6.45, 7) is 2.08. The summed E-state index contributed by atoms with van der Waals surface area (Å²) in [5.74, 6) is 2.93.